The lowest BCUT2D eigenvalue weighted by atomic mass is 9.70. The van der Waals surface area contributed by atoms with Gasteiger partial charge in [-0.2, -0.15) is 0 Å². The Morgan fingerprint density at radius 2 is 2.05 bits per heavy atom. The van der Waals surface area contributed by atoms with Crippen molar-refractivity contribution in [3.8, 4) is 0 Å². The van der Waals surface area contributed by atoms with Gasteiger partial charge in [0.1, 0.15) is 0 Å². The van der Waals surface area contributed by atoms with Crippen LogP contribution in [0.1, 0.15) is 58.8 Å². The third kappa shape index (κ3) is 3.98. The number of hydrogen-bond acceptors (Lipinski definition) is 3. The van der Waals surface area contributed by atoms with Crippen LogP contribution in [0.5, 0.6) is 0 Å². The molecule has 2 rings (SSSR count). The van der Waals surface area contributed by atoms with Crippen LogP contribution in [0.15, 0.2) is 0 Å². The largest absolute Gasteiger partial charge is 0.376 e. The Kier molecular flexibility index (Phi) is 6.06. The summed E-state index contributed by atoms with van der Waals surface area (Å²) in [6.45, 7) is 7.33. The van der Waals surface area contributed by atoms with Crippen LogP contribution in [-0.2, 0) is 9.53 Å². The second-order valence-electron chi connectivity index (χ2n) is 7.05. The molecule has 2 fully saturated rings. The monoisotopic (exact) mass is 296 g/mol. The number of piperidine rings is 1. The lowest BCUT2D eigenvalue weighted by Crippen LogP contribution is -2.53. The van der Waals surface area contributed by atoms with E-state index in [0.717, 1.165) is 70.6 Å². The topological polar surface area (TPSA) is 55.6 Å². The summed E-state index contributed by atoms with van der Waals surface area (Å²) in [5.41, 5.74) is 5.73. The van der Waals surface area contributed by atoms with Gasteiger partial charge in [-0.3, -0.25) is 4.79 Å². The number of carbonyl (C=O) groups excluding carboxylic acids is 1. The predicted octanol–water partition coefficient (Wildman–Crippen LogP) is 2.56. The minimum absolute atomic E-state index is 0.222. The van der Waals surface area contributed by atoms with E-state index >= 15 is 0 Å². The highest BCUT2D eigenvalue weighted by Gasteiger charge is 2.43. The molecule has 122 valence electrons. The van der Waals surface area contributed by atoms with Crippen LogP contribution in [-0.4, -0.2) is 43.2 Å². The molecule has 1 heterocycles. The van der Waals surface area contributed by atoms with E-state index in [4.69, 9.17) is 10.5 Å². The van der Waals surface area contributed by atoms with Crippen molar-refractivity contribution in [3.05, 3.63) is 0 Å². The summed E-state index contributed by atoms with van der Waals surface area (Å²) in [5, 5.41) is 0. The van der Waals surface area contributed by atoms with Crippen molar-refractivity contribution >= 4 is 5.91 Å². The van der Waals surface area contributed by atoms with Gasteiger partial charge in [0.2, 0.25) is 5.91 Å². The van der Waals surface area contributed by atoms with E-state index in [-0.39, 0.29) is 11.5 Å². The zero-order chi connectivity index (χ0) is 15.3. The first kappa shape index (κ1) is 16.8. The Balaban J connectivity index is 1.97. The van der Waals surface area contributed by atoms with E-state index in [0.29, 0.717) is 12.5 Å². The van der Waals surface area contributed by atoms with Gasteiger partial charge in [0.05, 0.1) is 11.5 Å². The van der Waals surface area contributed by atoms with Crippen molar-refractivity contribution in [1.29, 1.82) is 0 Å². The standard InChI is InChI=1S/C17H32N2O2/c1-3-11-21-15-5-4-10-19(12-15)16(20)17(13-18)8-6-14(2)7-9-17/h14-15H,3-13,18H2,1-2H3. The third-order valence-electron chi connectivity index (χ3n) is 5.30. The van der Waals surface area contributed by atoms with E-state index < -0.39 is 0 Å². The Morgan fingerprint density at radius 1 is 1.33 bits per heavy atom. The van der Waals surface area contributed by atoms with Gasteiger partial charge in [-0.1, -0.05) is 13.8 Å². The van der Waals surface area contributed by atoms with Crippen LogP contribution >= 0.6 is 0 Å². The van der Waals surface area contributed by atoms with Gasteiger partial charge in [0, 0.05) is 26.2 Å². The Hall–Kier alpha value is -0.610. The molecule has 1 aliphatic heterocycles. The molecule has 0 aromatic heterocycles. The zero-order valence-corrected chi connectivity index (χ0v) is 13.8. The number of hydrogen-bond donors (Lipinski definition) is 1. The molecule has 0 aromatic carbocycles. The smallest absolute Gasteiger partial charge is 0.230 e. The van der Waals surface area contributed by atoms with Crippen LogP contribution in [0.4, 0.5) is 0 Å². The minimum atomic E-state index is -0.293. The summed E-state index contributed by atoms with van der Waals surface area (Å²) >= 11 is 0. The van der Waals surface area contributed by atoms with Crippen LogP contribution in [0.2, 0.25) is 0 Å². The molecule has 1 unspecified atom stereocenters. The SMILES string of the molecule is CCCOC1CCCN(C(=O)C2(CN)CCC(C)CC2)C1. The quantitative estimate of drug-likeness (QED) is 0.848. The summed E-state index contributed by atoms with van der Waals surface area (Å²) in [6, 6.07) is 0. The van der Waals surface area contributed by atoms with E-state index in [9.17, 15) is 4.79 Å². The highest BCUT2D eigenvalue weighted by atomic mass is 16.5. The molecule has 21 heavy (non-hydrogen) atoms. The van der Waals surface area contributed by atoms with Gasteiger partial charge in [-0.15, -0.1) is 0 Å². The average Bonchev–Trinajstić information content (AvgIpc) is 2.53. The van der Waals surface area contributed by atoms with E-state index in [1.54, 1.807) is 0 Å². The summed E-state index contributed by atoms with van der Waals surface area (Å²) in [7, 11) is 0. The first-order valence-electron chi connectivity index (χ1n) is 8.72. The van der Waals surface area contributed by atoms with Crippen molar-refractivity contribution < 1.29 is 9.53 Å². The number of likely N-dealkylation sites (tertiary alicyclic amines) is 1. The Bertz CT molecular complexity index is 338. The predicted molar refractivity (Wildman–Crippen MR) is 85.0 cm³/mol. The summed E-state index contributed by atoms with van der Waals surface area (Å²) < 4.78 is 5.86. The number of amides is 1. The first-order valence-corrected chi connectivity index (χ1v) is 8.72. The second-order valence-corrected chi connectivity index (χ2v) is 7.05. The van der Waals surface area contributed by atoms with Crippen LogP contribution in [0, 0.1) is 11.3 Å². The van der Waals surface area contributed by atoms with E-state index in [2.05, 4.69) is 13.8 Å². The fourth-order valence-corrected chi connectivity index (χ4v) is 3.70. The maximum Gasteiger partial charge on any atom is 0.230 e. The van der Waals surface area contributed by atoms with Gasteiger partial charge < -0.3 is 15.4 Å². The van der Waals surface area contributed by atoms with Gasteiger partial charge in [-0.05, 0) is 50.9 Å². The van der Waals surface area contributed by atoms with Gasteiger partial charge in [0.25, 0.3) is 0 Å². The number of carbonyl (C=O) groups is 1. The Morgan fingerprint density at radius 3 is 2.67 bits per heavy atom. The molecule has 0 bridgehead atoms. The van der Waals surface area contributed by atoms with Crippen molar-refractivity contribution in [2.45, 2.75) is 64.9 Å². The molecule has 0 radical (unpaired) electrons. The molecule has 1 atom stereocenters. The van der Waals surface area contributed by atoms with Crippen LogP contribution in [0.25, 0.3) is 0 Å². The first-order chi connectivity index (χ1) is 10.1. The van der Waals surface area contributed by atoms with Crippen molar-refractivity contribution in [3.63, 3.8) is 0 Å². The maximum atomic E-state index is 13.0. The highest BCUT2D eigenvalue weighted by Crippen LogP contribution is 2.40. The lowest BCUT2D eigenvalue weighted by Gasteiger charge is -2.43. The molecule has 4 nitrogen and oxygen atoms in total. The molecule has 1 saturated heterocycles. The molecule has 1 aliphatic carbocycles. The molecule has 1 amide bonds. The fourth-order valence-electron chi connectivity index (χ4n) is 3.70. The fraction of sp³-hybridized carbons (Fsp3) is 0.941. The number of nitrogens with zero attached hydrogens (tertiary/aromatic N) is 1. The van der Waals surface area contributed by atoms with E-state index in [1.807, 2.05) is 4.90 Å². The highest BCUT2D eigenvalue weighted by molar-refractivity contribution is 5.83. The summed E-state index contributed by atoms with van der Waals surface area (Å²) in [6.07, 6.45) is 7.57. The number of ether oxygens (including phenoxy) is 1. The van der Waals surface area contributed by atoms with Gasteiger partial charge in [0.15, 0.2) is 0 Å². The van der Waals surface area contributed by atoms with Gasteiger partial charge >= 0.3 is 0 Å². The molecule has 4 heteroatoms. The maximum absolute atomic E-state index is 13.0. The van der Waals surface area contributed by atoms with Crippen molar-refractivity contribution in [2.75, 3.05) is 26.2 Å². The minimum Gasteiger partial charge on any atom is -0.376 e. The van der Waals surface area contributed by atoms with Crippen molar-refractivity contribution in [2.24, 2.45) is 17.1 Å². The Labute approximate surface area is 129 Å². The van der Waals surface area contributed by atoms with E-state index in [1.165, 1.54) is 0 Å². The zero-order valence-electron chi connectivity index (χ0n) is 13.8. The molecule has 1 saturated carbocycles. The van der Waals surface area contributed by atoms with Crippen LogP contribution < -0.4 is 5.73 Å². The third-order valence-corrected chi connectivity index (χ3v) is 5.30. The molecule has 0 spiro atoms. The summed E-state index contributed by atoms with van der Waals surface area (Å²) in [4.78, 5) is 15.1. The molecule has 2 aliphatic rings. The van der Waals surface area contributed by atoms with Crippen molar-refractivity contribution in [1.82, 2.24) is 4.90 Å². The summed E-state index contributed by atoms with van der Waals surface area (Å²) in [5.74, 6) is 1.03. The molecule has 0 aromatic rings. The second kappa shape index (κ2) is 7.59. The van der Waals surface area contributed by atoms with Gasteiger partial charge in [-0.25, -0.2) is 0 Å². The molecule has 2 N–H and O–H groups in total. The number of nitrogens with two attached hydrogens (primary N) is 1. The normalized spacial score (nSPS) is 34.0. The van der Waals surface area contributed by atoms with Crippen LogP contribution in [0.3, 0.4) is 0 Å². The molecular weight excluding hydrogens is 264 g/mol. The average molecular weight is 296 g/mol. The lowest BCUT2D eigenvalue weighted by molar-refractivity contribution is -0.148. The number of rotatable bonds is 5. The molecular formula is C17H32N2O2.